The summed E-state index contributed by atoms with van der Waals surface area (Å²) in [6.07, 6.45) is 4.79. The summed E-state index contributed by atoms with van der Waals surface area (Å²) in [6.45, 7) is 0. The van der Waals surface area contributed by atoms with Gasteiger partial charge in [-0.3, -0.25) is 4.79 Å². The maximum atomic E-state index is 14.2. The van der Waals surface area contributed by atoms with E-state index in [1.807, 2.05) is 91.0 Å². The van der Waals surface area contributed by atoms with Crippen LogP contribution in [-0.2, 0) is 15.0 Å². The van der Waals surface area contributed by atoms with E-state index in [9.17, 15) is 14.7 Å². The minimum absolute atomic E-state index is 0.0507. The molecule has 1 aliphatic rings. The first-order chi connectivity index (χ1) is 15.6. The van der Waals surface area contributed by atoms with Crippen molar-refractivity contribution in [2.45, 2.75) is 43.6 Å². The predicted octanol–water partition coefficient (Wildman–Crippen LogP) is 5.17. The number of nitrogens with one attached hydrogen (secondary N) is 1. The highest BCUT2D eigenvalue weighted by Crippen LogP contribution is 2.40. The highest BCUT2D eigenvalue weighted by atomic mass is 16.4. The van der Waals surface area contributed by atoms with Gasteiger partial charge < -0.3 is 10.4 Å². The smallest absolute Gasteiger partial charge is 0.326 e. The Labute approximate surface area is 189 Å². The lowest BCUT2D eigenvalue weighted by molar-refractivity contribution is -0.144. The molecule has 4 nitrogen and oxygen atoms in total. The first-order valence-corrected chi connectivity index (χ1v) is 11.3. The number of rotatable bonds is 7. The number of aliphatic carboxylic acids is 1. The maximum absolute atomic E-state index is 14.2. The van der Waals surface area contributed by atoms with Crippen LogP contribution in [0.15, 0.2) is 91.0 Å². The van der Waals surface area contributed by atoms with Gasteiger partial charge in [-0.05, 0) is 35.4 Å². The van der Waals surface area contributed by atoms with Crippen LogP contribution in [0.3, 0.4) is 0 Å². The van der Waals surface area contributed by atoms with Crippen LogP contribution in [0.1, 0.15) is 48.8 Å². The molecule has 0 bridgehead atoms. The molecule has 4 heteroatoms. The topological polar surface area (TPSA) is 66.4 Å². The van der Waals surface area contributed by atoms with Crippen molar-refractivity contribution < 1.29 is 14.7 Å². The molecule has 4 rings (SSSR count). The normalized spacial score (nSPS) is 15.6. The molecule has 1 fully saturated rings. The summed E-state index contributed by atoms with van der Waals surface area (Å²) in [5.74, 6) is -1.32. The van der Waals surface area contributed by atoms with Crippen LogP contribution in [0, 0.1) is 5.92 Å². The van der Waals surface area contributed by atoms with Crippen LogP contribution >= 0.6 is 0 Å². The number of hydrogen-bond donors (Lipinski definition) is 2. The van der Waals surface area contributed by atoms with Gasteiger partial charge in [0.05, 0.1) is 0 Å². The van der Waals surface area contributed by atoms with Gasteiger partial charge in [-0.15, -0.1) is 0 Å². The summed E-state index contributed by atoms with van der Waals surface area (Å²) in [4.78, 5) is 26.5. The zero-order valence-electron chi connectivity index (χ0n) is 18.1. The Kier molecular flexibility index (Phi) is 6.69. The van der Waals surface area contributed by atoms with Crippen molar-refractivity contribution in [3.05, 3.63) is 108 Å². The molecule has 0 heterocycles. The average molecular weight is 428 g/mol. The SMILES string of the molecule is O=C(O)[C@H](NC(=O)C(c1ccccc1)(c1ccccc1)c1ccccc1)C1CCCCC1. The highest BCUT2D eigenvalue weighted by Gasteiger charge is 2.45. The minimum Gasteiger partial charge on any atom is -0.480 e. The van der Waals surface area contributed by atoms with Crippen LogP contribution in [0.4, 0.5) is 0 Å². The van der Waals surface area contributed by atoms with Crippen molar-refractivity contribution in [1.82, 2.24) is 5.32 Å². The minimum atomic E-state index is -1.16. The monoisotopic (exact) mass is 427 g/mol. The third-order valence-electron chi connectivity index (χ3n) is 6.63. The summed E-state index contributed by atoms with van der Waals surface area (Å²) in [5.41, 5.74) is 1.26. The Morgan fingerprint density at radius 3 is 1.50 bits per heavy atom. The van der Waals surface area contributed by atoms with Crippen LogP contribution < -0.4 is 5.32 Å². The molecule has 1 amide bonds. The van der Waals surface area contributed by atoms with Gasteiger partial charge in [0, 0.05) is 0 Å². The van der Waals surface area contributed by atoms with Crippen molar-refractivity contribution in [1.29, 1.82) is 0 Å². The van der Waals surface area contributed by atoms with E-state index in [0.717, 1.165) is 48.8 Å². The molecule has 1 saturated carbocycles. The Hall–Kier alpha value is -3.40. The van der Waals surface area contributed by atoms with E-state index in [4.69, 9.17) is 0 Å². The zero-order valence-corrected chi connectivity index (χ0v) is 18.1. The van der Waals surface area contributed by atoms with Gasteiger partial charge in [0.25, 0.3) is 0 Å². The number of carbonyl (C=O) groups excluding carboxylic acids is 1. The molecular weight excluding hydrogens is 398 g/mol. The Bertz CT molecular complexity index is 931. The summed E-state index contributed by atoms with van der Waals surface area (Å²) < 4.78 is 0. The van der Waals surface area contributed by atoms with Crippen molar-refractivity contribution in [3.8, 4) is 0 Å². The predicted molar refractivity (Wildman–Crippen MR) is 125 cm³/mol. The second kappa shape index (κ2) is 9.82. The van der Waals surface area contributed by atoms with Crippen LogP contribution in [0.5, 0.6) is 0 Å². The van der Waals surface area contributed by atoms with Gasteiger partial charge >= 0.3 is 5.97 Å². The van der Waals surface area contributed by atoms with E-state index >= 15 is 0 Å². The molecular formula is C28H29NO3. The van der Waals surface area contributed by atoms with Crippen LogP contribution in [0.2, 0.25) is 0 Å². The van der Waals surface area contributed by atoms with Gasteiger partial charge in [0.1, 0.15) is 11.5 Å². The molecule has 32 heavy (non-hydrogen) atoms. The van der Waals surface area contributed by atoms with Crippen LogP contribution in [0.25, 0.3) is 0 Å². The summed E-state index contributed by atoms with van der Waals surface area (Å²) in [7, 11) is 0. The van der Waals surface area contributed by atoms with Crippen molar-refractivity contribution in [2.75, 3.05) is 0 Å². The van der Waals surface area contributed by atoms with E-state index in [1.54, 1.807) is 0 Å². The fourth-order valence-corrected chi connectivity index (χ4v) is 5.06. The molecule has 3 aromatic carbocycles. The van der Waals surface area contributed by atoms with E-state index < -0.39 is 17.4 Å². The third-order valence-corrected chi connectivity index (χ3v) is 6.63. The zero-order chi connectivity index (χ0) is 22.4. The third kappa shape index (κ3) is 4.18. The Balaban J connectivity index is 1.87. The van der Waals surface area contributed by atoms with E-state index in [0.29, 0.717) is 0 Å². The van der Waals surface area contributed by atoms with Gasteiger partial charge in [-0.1, -0.05) is 110 Å². The molecule has 0 radical (unpaired) electrons. The number of benzene rings is 3. The fraction of sp³-hybridized carbons (Fsp3) is 0.286. The fourth-order valence-electron chi connectivity index (χ4n) is 5.06. The van der Waals surface area contributed by atoms with Crippen molar-refractivity contribution in [2.24, 2.45) is 5.92 Å². The van der Waals surface area contributed by atoms with Gasteiger partial charge in [-0.25, -0.2) is 4.79 Å². The molecule has 0 saturated heterocycles. The highest BCUT2D eigenvalue weighted by molar-refractivity contribution is 5.98. The van der Waals surface area contributed by atoms with E-state index in [2.05, 4.69) is 5.32 Å². The lowest BCUT2D eigenvalue weighted by Gasteiger charge is -2.37. The molecule has 0 spiro atoms. The van der Waals surface area contributed by atoms with Gasteiger partial charge in [0.2, 0.25) is 5.91 Å². The number of carbonyl (C=O) groups is 2. The molecule has 0 aliphatic heterocycles. The van der Waals surface area contributed by atoms with Gasteiger partial charge in [0.15, 0.2) is 0 Å². The Morgan fingerprint density at radius 2 is 1.12 bits per heavy atom. The van der Waals surface area contributed by atoms with Crippen molar-refractivity contribution in [3.63, 3.8) is 0 Å². The van der Waals surface area contributed by atoms with Gasteiger partial charge in [-0.2, -0.15) is 0 Å². The number of amides is 1. The molecule has 2 N–H and O–H groups in total. The molecule has 0 aromatic heterocycles. The Morgan fingerprint density at radius 1 is 0.719 bits per heavy atom. The lowest BCUT2D eigenvalue weighted by atomic mass is 9.68. The number of carboxylic acid groups (broad SMARTS) is 1. The molecule has 1 aliphatic carbocycles. The van der Waals surface area contributed by atoms with E-state index in [1.165, 1.54) is 0 Å². The summed E-state index contributed by atoms with van der Waals surface area (Å²) in [6, 6.07) is 28.0. The molecule has 164 valence electrons. The average Bonchev–Trinajstić information content (AvgIpc) is 2.85. The molecule has 1 atom stereocenters. The maximum Gasteiger partial charge on any atom is 0.326 e. The lowest BCUT2D eigenvalue weighted by Crippen LogP contribution is -2.54. The van der Waals surface area contributed by atoms with Crippen LogP contribution in [-0.4, -0.2) is 23.0 Å². The first-order valence-electron chi connectivity index (χ1n) is 11.3. The largest absolute Gasteiger partial charge is 0.480 e. The summed E-state index contributed by atoms with van der Waals surface area (Å²) in [5, 5.41) is 13.0. The van der Waals surface area contributed by atoms with E-state index in [-0.39, 0.29) is 11.8 Å². The number of hydrogen-bond acceptors (Lipinski definition) is 2. The molecule has 0 unspecified atom stereocenters. The standard InChI is InChI=1S/C28H29NO3/c30-26(31)25(21-13-5-1-6-14-21)29-27(32)28(22-15-7-2-8-16-22,23-17-9-3-10-18-23)24-19-11-4-12-20-24/h2-4,7-12,15-21,25H,1,5-6,13-14H2,(H,29,32)(H,30,31)/t25-/m1/s1. The first kappa shape index (κ1) is 21.8. The molecule has 3 aromatic rings. The summed E-state index contributed by atoms with van der Waals surface area (Å²) >= 11 is 0. The van der Waals surface area contributed by atoms with Crippen molar-refractivity contribution >= 4 is 11.9 Å². The quantitative estimate of drug-likeness (QED) is 0.511. The number of carboxylic acids is 1. The second-order valence-corrected chi connectivity index (χ2v) is 8.54. The second-order valence-electron chi connectivity index (χ2n) is 8.54.